The molecule has 0 fully saturated rings. The van der Waals surface area contributed by atoms with Gasteiger partial charge in [0.1, 0.15) is 0 Å². The van der Waals surface area contributed by atoms with E-state index in [-0.39, 0.29) is 6.04 Å². The molecule has 2 aromatic carbocycles. The van der Waals surface area contributed by atoms with E-state index in [2.05, 4.69) is 59.3 Å². The third-order valence-electron chi connectivity index (χ3n) is 4.10. The van der Waals surface area contributed by atoms with Crippen LogP contribution in [0.1, 0.15) is 18.5 Å². The summed E-state index contributed by atoms with van der Waals surface area (Å²) in [6.07, 6.45) is 0. The van der Waals surface area contributed by atoms with Crippen molar-refractivity contribution in [2.45, 2.75) is 19.5 Å². The average molecular weight is 267 g/mol. The van der Waals surface area contributed by atoms with Crippen LogP contribution in [0.25, 0.3) is 21.8 Å². The lowest BCUT2D eigenvalue weighted by Crippen LogP contribution is -2.24. The van der Waals surface area contributed by atoms with E-state index in [0.29, 0.717) is 6.54 Å². The van der Waals surface area contributed by atoms with Gasteiger partial charge in [-0.2, -0.15) is 0 Å². The summed E-state index contributed by atoms with van der Waals surface area (Å²) in [4.78, 5) is 0. The first kappa shape index (κ1) is 13.2. The van der Waals surface area contributed by atoms with Crippen LogP contribution in [0.3, 0.4) is 0 Å². The molecule has 0 saturated heterocycles. The van der Waals surface area contributed by atoms with Gasteiger partial charge in [0.15, 0.2) is 0 Å². The van der Waals surface area contributed by atoms with Crippen molar-refractivity contribution >= 4 is 21.8 Å². The van der Waals surface area contributed by atoms with Gasteiger partial charge in [-0.3, -0.25) is 0 Å². The molecule has 20 heavy (non-hydrogen) atoms. The molecule has 0 aliphatic heterocycles. The van der Waals surface area contributed by atoms with Crippen molar-refractivity contribution in [2.75, 3.05) is 13.6 Å². The molecule has 1 aromatic heterocycles. The molecule has 3 aromatic rings. The first-order valence-corrected chi connectivity index (χ1v) is 7.18. The number of benzene rings is 2. The van der Waals surface area contributed by atoms with Crippen molar-refractivity contribution in [2.24, 2.45) is 5.73 Å². The molecule has 0 spiro atoms. The second-order valence-electron chi connectivity index (χ2n) is 5.11. The van der Waals surface area contributed by atoms with Crippen LogP contribution in [0.15, 0.2) is 42.5 Å². The summed E-state index contributed by atoms with van der Waals surface area (Å²) in [6.45, 7) is 3.78. The van der Waals surface area contributed by atoms with Gasteiger partial charge in [0.2, 0.25) is 0 Å². The van der Waals surface area contributed by atoms with Crippen LogP contribution in [0.4, 0.5) is 0 Å². The summed E-state index contributed by atoms with van der Waals surface area (Å²) < 4.78 is 2.37. The summed E-state index contributed by atoms with van der Waals surface area (Å²) in [6, 6.07) is 15.5. The van der Waals surface area contributed by atoms with Crippen molar-refractivity contribution in [1.29, 1.82) is 0 Å². The van der Waals surface area contributed by atoms with E-state index in [1.807, 2.05) is 7.05 Å². The Balaban J connectivity index is 2.31. The zero-order valence-electron chi connectivity index (χ0n) is 12.1. The Labute approximate surface area is 119 Å². The largest absolute Gasteiger partial charge is 0.341 e. The van der Waals surface area contributed by atoms with Gasteiger partial charge in [0, 0.05) is 40.9 Å². The first-order valence-electron chi connectivity index (χ1n) is 7.18. The Morgan fingerprint density at radius 3 is 2.55 bits per heavy atom. The molecular weight excluding hydrogens is 246 g/mol. The lowest BCUT2D eigenvalue weighted by molar-refractivity contribution is 0.606. The summed E-state index contributed by atoms with van der Waals surface area (Å²) in [5, 5.41) is 5.90. The number of para-hydroxylation sites is 1. The third kappa shape index (κ3) is 1.90. The summed E-state index contributed by atoms with van der Waals surface area (Å²) in [5.41, 5.74) is 9.68. The molecule has 3 heteroatoms. The quantitative estimate of drug-likeness (QED) is 0.763. The van der Waals surface area contributed by atoms with Crippen molar-refractivity contribution in [3.8, 4) is 0 Å². The molecule has 0 saturated carbocycles. The molecular formula is C17H21N3. The van der Waals surface area contributed by atoms with Crippen molar-refractivity contribution in [3.63, 3.8) is 0 Å². The minimum atomic E-state index is 0.211. The SMILES string of the molecule is CCn1c2ccccc2c2cc(C(CN)NC)ccc21. The van der Waals surface area contributed by atoms with Crippen LogP contribution in [-0.4, -0.2) is 18.2 Å². The van der Waals surface area contributed by atoms with Crippen LogP contribution >= 0.6 is 0 Å². The van der Waals surface area contributed by atoms with Crippen molar-refractivity contribution < 1.29 is 0 Å². The zero-order chi connectivity index (χ0) is 14.1. The Morgan fingerprint density at radius 1 is 1.10 bits per heavy atom. The molecule has 0 aliphatic rings. The summed E-state index contributed by atoms with van der Waals surface area (Å²) in [7, 11) is 1.96. The number of hydrogen-bond donors (Lipinski definition) is 2. The molecule has 3 nitrogen and oxygen atoms in total. The van der Waals surface area contributed by atoms with Gasteiger partial charge in [-0.05, 0) is 37.7 Å². The predicted molar refractivity (Wildman–Crippen MR) is 86.0 cm³/mol. The molecule has 1 unspecified atom stereocenters. The molecule has 0 radical (unpaired) electrons. The highest BCUT2D eigenvalue weighted by Crippen LogP contribution is 2.30. The van der Waals surface area contributed by atoms with Crippen molar-refractivity contribution in [1.82, 2.24) is 9.88 Å². The maximum absolute atomic E-state index is 5.84. The van der Waals surface area contributed by atoms with E-state index >= 15 is 0 Å². The van der Waals surface area contributed by atoms with Gasteiger partial charge < -0.3 is 15.6 Å². The van der Waals surface area contributed by atoms with Gasteiger partial charge >= 0.3 is 0 Å². The third-order valence-corrected chi connectivity index (χ3v) is 4.10. The highest BCUT2D eigenvalue weighted by atomic mass is 15.0. The van der Waals surface area contributed by atoms with Gasteiger partial charge in [-0.1, -0.05) is 24.3 Å². The average Bonchev–Trinajstić information content (AvgIpc) is 2.82. The van der Waals surface area contributed by atoms with Crippen LogP contribution < -0.4 is 11.1 Å². The van der Waals surface area contributed by atoms with Gasteiger partial charge in [-0.15, -0.1) is 0 Å². The van der Waals surface area contributed by atoms with Crippen LogP contribution in [0.5, 0.6) is 0 Å². The number of aromatic nitrogens is 1. The molecule has 104 valence electrons. The molecule has 1 heterocycles. The number of nitrogens with zero attached hydrogens (tertiary/aromatic N) is 1. The predicted octanol–water partition coefficient (Wildman–Crippen LogP) is 3.03. The number of rotatable bonds is 4. The Kier molecular flexibility index (Phi) is 3.47. The molecule has 1 atom stereocenters. The molecule has 3 rings (SSSR count). The van der Waals surface area contributed by atoms with Crippen LogP contribution in [-0.2, 0) is 6.54 Å². The standard InChI is InChI=1S/C17H21N3/c1-3-20-16-7-5-4-6-13(16)14-10-12(8-9-17(14)20)15(11-18)19-2/h4-10,15,19H,3,11,18H2,1-2H3. The lowest BCUT2D eigenvalue weighted by atomic mass is 10.0. The number of nitrogens with one attached hydrogen (secondary N) is 1. The van der Waals surface area contributed by atoms with Gasteiger partial charge in [0.25, 0.3) is 0 Å². The van der Waals surface area contributed by atoms with E-state index in [0.717, 1.165) is 6.54 Å². The Bertz CT molecular complexity index is 738. The van der Waals surface area contributed by atoms with E-state index in [1.165, 1.54) is 27.4 Å². The number of likely N-dealkylation sites (N-methyl/N-ethyl adjacent to an activating group) is 1. The minimum absolute atomic E-state index is 0.211. The fourth-order valence-electron chi connectivity index (χ4n) is 3.05. The molecule has 3 N–H and O–H groups in total. The van der Waals surface area contributed by atoms with Gasteiger partial charge in [0.05, 0.1) is 0 Å². The fraction of sp³-hybridized carbons (Fsp3) is 0.294. The second kappa shape index (κ2) is 5.27. The lowest BCUT2D eigenvalue weighted by Gasteiger charge is -2.14. The van der Waals surface area contributed by atoms with Gasteiger partial charge in [-0.25, -0.2) is 0 Å². The summed E-state index contributed by atoms with van der Waals surface area (Å²) in [5.74, 6) is 0. The maximum Gasteiger partial charge on any atom is 0.0491 e. The maximum atomic E-state index is 5.84. The topological polar surface area (TPSA) is 43.0 Å². The first-order chi connectivity index (χ1) is 9.80. The van der Waals surface area contributed by atoms with Crippen LogP contribution in [0, 0.1) is 0 Å². The monoisotopic (exact) mass is 267 g/mol. The fourth-order valence-corrected chi connectivity index (χ4v) is 3.05. The highest BCUT2D eigenvalue weighted by Gasteiger charge is 2.12. The number of nitrogens with two attached hydrogens (primary N) is 1. The second-order valence-corrected chi connectivity index (χ2v) is 5.11. The van der Waals surface area contributed by atoms with E-state index in [1.54, 1.807) is 0 Å². The number of hydrogen-bond acceptors (Lipinski definition) is 2. The molecule has 0 bridgehead atoms. The number of fused-ring (bicyclic) bond motifs is 3. The Hall–Kier alpha value is -1.84. The van der Waals surface area contributed by atoms with Crippen LogP contribution in [0.2, 0.25) is 0 Å². The highest BCUT2D eigenvalue weighted by molar-refractivity contribution is 6.08. The van der Waals surface area contributed by atoms with E-state index in [4.69, 9.17) is 5.73 Å². The normalized spacial score (nSPS) is 13.2. The van der Waals surface area contributed by atoms with E-state index < -0.39 is 0 Å². The smallest absolute Gasteiger partial charge is 0.0491 e. The zero-order valence-corrected chi connectivity index (χ0v) is 12.1. The molecule has 0 aliphatic carbocycles. The Morgan fingerprint density at radius 2 is 1.85 bits per heavy atom. The molecule has 0 amide bonds. The van der Waals surface area contributed by atoms with Crippen molar-refractivity contribution in [3.05, 3.63) is 48.0 Å². The minimum Gasteiger partial charge on any atom is -0.341 e. The number of aryl methyl sites for hydroxylation is 1. The summed E-state index contributed by atoms with van der Waals surface area (Å²) >= 11 is 0. The van der Waals surface area contributed by atoms with E-state index in [9.17, 15) is 0 Å².